The maximum Gasteiger partial charge on any atom is 0.309 e. The zero-order valence-electron chi connectivity index (χ0n) is 14.9. The largest absolute Gasteiger partial charge is 0.466 e. The van der Waals surface area contributed by atoms with E-state index in [1.165, 1.54) is 11.8 Å². The Morgan fingerprint density at radius 3 is 2.77 bits per heavy atom. The molecule has 1 fully saturated rings. The molecule has 0 bridgehead atoms. The first-order chi connectivity index (χ1) is 12.6. The smallest absolute Gasteiger partial charge is 0.309 e. The van der Waals surface area contributed by atoms with Gasteiger partial charge in [0.15, 0.2) is 16.7 Å². The second-order valence-electron chi connectivity index (χ2n) is 6.04. The van der Waals surface area contributed by atoms with Crippen LogP contribution in [-0.4, -0.2) is 57.0 Å². The summed E-state index contributed by atoms with van der Waals surface area (Å²) in [6.07, 6.45) is 2.89. The minimum absolute atomic E-state index is 0.0415. The molecule has 0 N–H and O–H groups in total. The molecule has 0 aromatic carbocycles. The summed E-state index contributed by atoms with van der Waals surface area (Å²) in [5.41, 5.74) is 0. The van der Waals surface area contributed by atoms with Crippen LogP contribution in [0.2, 0.25) is 0 Å². The topological polar surface area (TPSA) is 90.5 Å². The Kier molecular flexibility index (Phi) is 5.97. The molecule has 0 radical (unpaired) electrons. The first-order valence-electron chi connectivity index (χ1n) is 8.60. The minimum atomic E-state index is -0.154. The Bertz CT molecular complexity index is 751. The fourth-order valence-electron chi connectivity index (χ4n) is 2.90. The van der Waals surface area contributed by atoms with Gasteiger partial charge in [0.2, 0.25) is 5.91 Å². The van der Waals surface area contributed by atoms with Crippen LogP contribution in [0.3, 0.4) is 0 Å². The van der Waals surface area contributed by atoms with E-state index in [1.807, 2.05) is 17.7 Å². The van der Waals surface area contributed by atoms with Gasteiger partial charge in [0.1, 0.15) is 0 Å². The lowest BCUT2D eigenvalue weighted by Gasteiger charge is -2.30. The van der Waals surface area contributed by atoms with Gasteiger partial charge in [0, 0.05) is 20.1 Å². The summed E-state index contributed by atoms with van der Waals surface area (Å²) in [6.45, 7) is 3.36. The molecule has 2 aromatic rings. The minimum Gasteiger partial charge on any atom is -0.466 e. The number of esters is 1. The average molecular weight is 378 g/mol. The van der Waals surface area contributed by atoms with Crippen molar-refractivity contribution in [1.82, 2.24) is 19.7 Å². The molecular formula is C17H22N4O4S. The van der Waals surface area contributed by atoms with E-state index in [9.17, 15) is 9.59 Å². The molecule has 9 heteroatoms. The maximum atomic E-state index is 12.4. The lowest BCUT2D eigenvalue weighted by atomic mass is 9.97. The molecule has 0 atom stereocenters. The lowest BCUT2D eigenvalue weighted by molar-refractivity contribution is -0.151. The summed E-state index contributed by atoms with van der Waals surface area (Å²) in [5, 5.41) is 8.90. The van der Waals surface area contributed by atoms with Crippen molar-refractivity contribution in [3.63, 3.8) is 0 Å². The van der Waals surface area contributed by atoms with Crippen LogP contribution in [0.15, 0.2) is 28.0 Å². The monoisotopic (exact) mass is 378 g/mol. The lowest BCUT2D eigenvalue weighted by Crippen LogP contribution is -2.41. The number of nitrogens with zero attached hydrogens (tertiary/aromatic N) is 4. The highest BCUT2D eigenvalue weighted by Gasteiger charge is 2.28. The van der Waals surface area contributed by atoms with E-state index in [4.69, 9.17) is 9.15 Å². The summed E-state index contributed by atoms with van der Waals surface area (Å²) in [5.74, 6) is 1.34. The number of aromatic nitrogens is 3. The van der Waals surface area contributed by atoms with E-state index in [1.54, 1.807) is 24.2 Å². The van der Waals surface area contributed by atoms with Gasteiger partial charge in [0.05, 0.1) is 24.5 Å². The first-order valence-corrected chi connectivity index (χ1v) is 9.59. The Balaban J connectivity index is 1.50. The van der Waals surface area contributed by atoms with Gasteiger partial charge in [-0.3, -0.25) is 9.59 Å². The third-order valence-electron chi connectivity index (χ3n) is 4.37. The molecule has 8 nitrogen and oxygen atoms in total. The Labute approximate surface area is 155 Å². The number of ether oxygens (including phenoxy) is 1. The number of amides is 1. The Hall–Kier alpha value is -2.29. The van der Waals surface area contributed by atoms with Crippen LogP contribution in [-0.2, 0) is 21.4 Å². The number of piperidine rings is 1. The van der Waals surface area contributed by atoms with Crippen molar-refractivity contribution in [3.05, 3.63) is 18.4 Å². The summed E-state index contributed by atoms with van der Waals surface area (Å²) >= 11 is 1.35. The number of hydrogen-bond donors (Lipinski definition) is 0. The van der Waals surface area contributed by atoms with Crippen molar-refractivity contribution < 1.29 is 18.7 Å². The molecule has 0 unspecified atom stereocenters. The third kappa shape index (κ3) is 4.09. The van der Waals surface area contributed by atoms with Crippen LogP contribution in [0.25, 0.3) is 11.6 Å². The number of hydrogen-bond acceptors (Lipinski definition) is 7. The Morgan fingerprint density at radius 1 is 1.35 bits per heavy atom. The molecule has 3 rings (SSSR count). The number of thioether (sulfide) groups is 1. The molecule has 0 spiro atoms. The van der Waals surface area contributed by atoms with Crippen molar-refractivity contribution in [1.29, 1.82) is 0 Å². The molecule has 3 heterocycles. The molecule has 0 aliphatic carbocycles. The first kappa shape index (κ1) is 18.5. The van der Waals surface area contributed by atoms with Gasteiger partial charge in [-0.25, -0.2) is 0 Å². The SMILES string of the molecule is CCOC(=O)C1CCN(C(=O)CSc2nnc(-c3ccco3)n2C)CC1. The molecule has 1 amide bonds. The van der Waals surface area contributed by atoms with Crippen LogP contribution in [0.5, 0.6) is 0 Å². The highest BCUT2D eigenvalue weighted by atomic mass is 32.2. The van der Waals surface area contributed by atoms with Gasteiger partial charge in [-0.2, -0.15) is 0 Å². The quantitative estimate of drug-likeness (QED) is 0.561. The second-order valence-corrected chi connectivity index (χ2v) is 6.98. The number of rotatable bonds is 6. The van der Waals surface area contributed by atoms with Crippen LogP contribution < -0.4 is 0 Å². The molecule has 1 aliphatic rings. The normalized spacial score (nSPS) is 15.2. The number of carbonyl (C=O) groups excluding carboxylic acids is 2. The van der Waals surface area contributed by atoms with Crippen molar-refractivity contribution in [3.8, 4) is 11.6 Å². The summed E-state index contributed by atoms with van der Waals surface area (Å²) in [4.78, 5) is 26.0. The van der Waals surface area contributed by atoms with E-state index in [0.717, 1.165) is 0 Å². The van der Waals surface area contributed by atoms with E-state index >= 15 is 0 Å². The molecule has 2 aromatic heterocycles. The molecule has 1 saturated heterocycles. The predicted octanol–water partition coefficient (Wildman–Crippen LogP) is 1.97. The zero-order valence-corrected chi connectivity index (χ0v) is 15.7. The predicted molar refractivity (Wildman–Crippen MR) is 95.4 cm³/mol. The van der Waals surface area contributed by atoms with Gasteiger partial charge in [-0.05, 0) is 31.9 Å². The molecule has 140 valence electrons. The fraction of sp³-hybridized carbons (Fsp3) is 0.529. The molecule has 26 heavy (non-hydrogen) atoms. The van der Waals surface area contributed by atoms with Gasteiger partial charge in [-0.15, -0.1) is 10.2 Å². The fourth-order valence-corrected chi connectivity index (χ4v) is 3.72. The van der Waals surface area contributed by atoms with Gasteiger partial charge < -0.3 is 18.6 Å². The van der Waals surface area contributed by atoms with E-state index < -0.39 is 0 Å². The summed E-state index contributed by atoms with van der Waals surface area (Å²) in [7, 11) is 1.84. The third-order valence-corrected chi connectivity index (χ3v) is 5.37. The number of furan rings is 1. The van der Waals surface area contributed by atoms with Crippen LogP contribution in [0, 0.1) is 5.92 Å². The summed E-state index contributed by atoms with van der Waals surface area (Å²) < 4.78 is 12.2. The molecular weight excluding hydrogens is 356 g/mol. The van der Waals surface area contributed by atoms with Crippen LogP contribution in [0.1, 0.15) is 19.8 Å². The van der Waals surface area contributed by atoms with Crippen molar-refractivity contribution in [2.75, 3.05) is 25.4 Å². The second kappa shape index (κ2) is 8.39. The van der Waals surface area contributed by atoms with Crippen LogP contribution >= 0.6 is 11.8 Å². The van der Waals surface area contributed by atoms with Gasteiger partial charge in [-0.1, -0.05) is 11.8 Å². The highest BCUT2D eigenvalue weighted by molar-refractivity contribution is 7.99. The number of likely N-dealkylation sites (tertiary alicyclic amines) is 1. The highest BCUT2D eigenvalue weighted by Crippen LogP contribution is 2.24. The van der Waals surface area contributed by atoms with Crippen molar-refractivity contribution in [2.45, 2.75) is 24.9 Å². The van der Waals surface area contributed by atoms with Gasteiger partial charge in [0.25, 0.3) is 0 Å². The van der Waals surface area contributed by atoms with Crippen LogP contribution in [0.4, 0.5) is 0 Å². The van der Waals surface area contributed by atoms with Crippen molar-refractivity contribution in [2.24, 2.45) is 13.0 Å². The zero-order chi connectivity index (χ0) is 18.5. The Morgan fingerprint density at radius 2 is 2.12 bits per heavy atom. The standard InChI is InChI=1S/C17H22N4O4S/c1-3-24-16(23)12-6-8-21(9-7-12)14(22)11-26-17-19-18-15(20(17)2)13-5-4-10-25-13/h4-5,10,12H,3,6-9,11H2,1-2H3. The van der Waals surface area contributed by atoms with E-state index in [0.29, 0.717) is 49.3 Å². The van der Waals surface area contributed by atoms with E-state index in [2.05, 4.69) is 10.2 Å². The average Bonchev–Trinajstić information content (AvgIpc) is 3.30. The molecule has 1 aliphatic heterocycles. The van der Waals surface area contributed by atoms with E-state index in [-0.39, 0.29) is 23.5 Å². The van der Waals surface area contributed by atoms with Gasteiger partial charge >= 0.3 is 5.97 Å². The van der Waals surface area contributed by atoms with Crippen molar-refractivity contribution >= 4 is 23.6 Å². The summed E-state index contributed by atoms with van der Waals surface area (Å²) in [6, 6.07) is 3.61. The maximum absolute atomic E-state index is 12.4. The number of carbonyl (C=O) groups is 2. The molecule has 0 saturated carbocycles.